The fourth-order valence-electron chi connectivity index (χ4n) is 4.11. The van der Waals surface area contributed by atoms with Gasteiger partial charge in [-0.2, -0.15) is 5.10 Å². The van der Waals surface area contributed by atoms with Gasteiger partial charge in [0.05, 0.1) is 24.9 Å². The van der Waals surface area contributed by atoms with Crippen molar-refractivity contribution in [2.75, 3.05) is 44.0 Å². The van der Waals surface area contributed by atoms with Gasteiger partial charge >= 0.3 is 0 Å². The summed E-state index contributed by atoms with van der Waals surface area (Å²) in [4.78, 5) is 28.9. The molecule has 1 saturated heterocycles. The number of H-pyrrole nitrogens is 1. The lowest BCUT2D eigenvalue weighted by atomic mass is 10.0. The Morgan fingerprint density at radius 2 is 2.03 bits per heavy atom. The van der Waals surface area contributed by atoms with Crippen LogP contribution in [0.25, 0.3) is 17.7 Å². The van der Waals surface area contributed by atoms with Gasteiger partial charge in [-0.1, -0.05) is 18.7 Å². The van der Waals surface area contributed by atoms with E-state index in [4.69, 9.17) is 4.74 Å². The Morgan fingerprint density at radius 3 is 2.75 bits per heavy atom. The number of hydrogen-bond donors (Lipinski definition) is 2. The highest BCUT2D eigenvalue weighted by atomic mass is 19.1. The third-order valence-electron chi connectivity index (χ3n) is 6.15. The summed E-state index contributed by atoms with van der Waals surface area (Å²) in [5.41, 5.74) is 3.26. The largest absolute Gasteiger partial charge is 0.496 e. The smallest absolute Gasteiger partial charge is 0.256 e. The van der Waals surface area contributed by atoms with Crippen LogP contribution in [0.1, 0.15) is 34.1 Å². The minimum atomic E-state index is -0.420. The standard InChI is InChI=1S/C27H28FN5O3/c1-5-22-20(14-17(2)25-21(28)10-7-11-23(25)36-4)26(31-30-22)29-27(35)18-8-6-9-19(15-18)33-13-12-32(3)24(34)16-33/h5-11,14-15H,1,12-13,16H2,2-4H3,(H2,29,30,31,35)/b17-14+. The molecule has 4 rings (SSSR count). The van der Waals surface area contributed by atoms with Crippen molar-refractivity contribution in [3.05, 3.63) is 77.2 Å². The number of ether oxygens (including phenoxy) is 1. The Kier molecular flexibility index (Phi) is 7.19. The molecule has 3 aromatic rings. The first-order valence-electron chi connectivity index (χ1n) is 11.4. The van der Waals surface area contributed by atoms with E-state index < -0.39 is 5.82 Å². The van der Waals surface area contributed by atoms with Crippen LogP contribution in [0.2, 0.25) is 0 Å². The van der Waals surface area contributed by atoms with Gasteiger partial charge in [-0.25, -0.2) is 4.39 Å². The second-order valence-corrected chi connectivity index (χ2v) is 8.49. The predicted molar refractivity (Wildman–Crippen MR) is 139 cm³/mol. The Hall–Kier alpha value is -4.40. The third kappa shape index (κ3) is 5.00. The number of anilines is 2. The number of methoxy groups -OCH3 is 1. The minimum Gasteiger partial charge on any atom is -0.496 e. The Bertz CT molecular complexity index is 1350. The summed E-state index contributed by atoms with van der Waals surface area (Å²) < 4.78 is 19.9. The first kappa shape index (κ1) is 24.7. The molecule has 0 bridgehead atoms. The molecular weight excluding hydrogens is 461 g/mol. The highest BCUT2D eigenvalue weighted by molar-refractivity contribution is 6.06. The van der Waals surface area contributed by atoms with E-state index in [-0.39, 0.29) is 24.2 Å². The molecule has 0 radical (unpaired) electrons. The Morgan fingerprint density at radius 1 is 1.25 bits per heavy atom. The van der Waals surface area contributed by atoms with Crippen LogP contribution in [0.4, 0.5) is 15.9 Å². The van der Waals surface area contributed by atoms with Crippen LogP contribution in [0.15, 0.2) is 49.0 Å². The van der Waals surface area contributed by atoms with Crippen molar-refractivity contribution in [1.29, 1.82) is 0 Å². The molecule has 186 valence electrons. The number of aromatic amines is 1. The molecule has 36 heavy (non-hydrogen) atoms. The van der Waals surface area contributed by atoms with Crippen LogP contribution in [-0.2, 0) is 4.79 Å². The first-order chi connectivity index (χ1) is 17.3. The Balaban J connectivity index is 1.61. The lowest BCUT2D eigenvalue weighted by Gasteiger charge is -2.33. The molecule has 2 amide bonds. The van der Waals surface area contributed by atoms with Gasteiger partial charge in [0.15, 0.2) is 5.82 Å². The average molecular weight is 490 g/mol. The molecule has 0 unspecified atom stereocenters. The Labute approximate surface area is 209 Å². The lowest BCUT2D eigenvalue weighted by molar-refractivity contribution is -0.129. The van der Waals surface area contributed by atoms with E-state index in [1.807, 2.05) is 11.0 Å². The quantitative estimate of drug-likeness (QED) is 0.517. The number of amides is 2. The molecule has 9 heteroatoms. The summed E-state index contributed by atoms with van der Waals surface area (Å²) in [5.74, 6) is -0.0727. The summed E-state index contributed by atoms with van der Waals surface area (Å²) in [6.07, 6.45) is 3.30. The number of nitrogens with zero attached hydrogens (tertiary/aromatic N) is 3. The number of hydrogen-bond acceptors (Lipinski definition) is 5. The molecule has 0 saturated carbocycles. The maximum atomic E-state index is 14.6. The van der Waals surface area contributed by atoms with Crippen LogP contribution in [-0.4, -0.2) is 60.7 Å². The zero-order valence-corrected chi connectivity index (χ0v) is 20.5. The van der Waals surface area contributed by atoms with Crippen LogP contribution in [0, 0.1) is 5.82 Å². The van der Waals surface area contributed by atoms with Crippen molar-refractivity contribution in [2.24, 2.45) is 0 Å². The maximum absolute atomic E-state index is 14.6. The van der Waals surface area contributed by atoms with Gasteiger partial charge < -0.3 is 19.9 Å². The first-order valence-corrected chi connectivity index (χ1v) is 11.4. The molecule has 1 fully saturated rings. The van der Waals surface area contributed by atoms with Crippen molar-refractivity contribution < 1.29 is 18.7 Å². The molecule has 8 nitrogen and oxygen atoms in total. The zero-order chi connectivity index (χ0) is 25.8. The second-order valence-electron chi connectivity index (χ2n) is 8.49. The number of carbonyl (C=O) groups is 2. The van der Waals surface area contributed by atoms with Gasteiger partial charge in [0.1, 0.15) is 11.6 Å². The number of aromatic nitrogens is 2. The van der Waals surface area contributed by atoms with Gasteiger partial charge in [0, 0.05) is 37.0 Å². The third-order valence-corrected chi connectivity index (χ3v) is 6.15. The van der Waals surface area contributed by atoms with Crippen LogP contribution in [0.5, 0.6) is 5.75 Å². The molecule has 1 aliphatic heterocycles. The number of allylic oxidation sites excluding steroid dienone is 1. The molecular formula is C27H28FN5O3. The summed E-state index contributed by atoms with van der Waals surface area (Å²) in [7, 11) is 3.26. The molecule has 1 aliphatic rings. The van der Waals surface area contributed by atoms with Crippen molar-refractivity contribution in [3.63, 3.8) is 0 Å². The SMILES string of the molecule is C=Cc1[nH]nc(NC(=O)c2cccc(N3CCN(C)C(=O)C3)c2)c1/C=C(\C)c1c(F)cccc1OC. The van der Waals surface area contributed by atoms with E-state index in [0.717, 1.165) is 5.69 Å². The number of rotatable bonds is 7. The number of benzene rings is 2. The molecule has 0 atom stereocenters. The van der Waals surface area contributed by atoms with Gasteiger partial charge in [-0.3, -0.25) is 14.7 Å². The topological polar surface area (TPSA) is 90.6 Å². The normalized spacial score (nSPS) is 14.1. The number of likely N-dealkylation sites (N-methyl/N-ethyl adjacent to an activating group) is 1. The summed E-state index contributed by atoms with van der Waals surface area (Å²) in [6, 6.07) is 11.7. The monoisotopic (exact) mass is 489 g/mol. The minimum absolute atomic E-state index is 0.0304. The maximum Gasteiger partial charge on any atom is 0.256 e. The highest BCUT2D eigenvalue weighted by Gasteiger charge is 2.22. The molecule has 2 N–H and O–H groups in total. The number of carbonyl (C=O) groups excluding carboxylic acids is 2. The fraction of sp³-hybridized carbons (Fsp3) is 0.222. The van der Waals surface area contributed by atoms with Crippen molar-refractivity contribution in [1.82, 2.24) is 15.1 Å². The van der Waals surface area contributed by atoms with Crippen molar-refractivity contribution >= 4 is 41.0 Å². The van der Waals surface area contributed by atoms with Gasteiger partial charge in [0.2, 0.25) is 5.91 Å². The van der Waals surface area contributed by atoms with E-state index in [9.17, 15) is 14.0 Å². The number of halogens is 1. The van der Waals surface area contributed by atoms with E-state index in [0.29, 0.717) is 46.8 Å². The van der Waals surface area contributed by atoms with E-state index in [1.165, 1.54) is 13.2 Å². The van der Waals surface area contributed by atoms with Crippen LogP contribution >= 0.6 is 0 Å². The van der Waals surface area contributed by atoms with Gasteiger partial charge in [-0.15, -0.1) is 0 Å². The summed E-state index contributed by atoms with van der Waals surface area (Å²) >= 11 is 0. The average Bonchev–Trinajstić information content (AvgIpc) is 3.26. The second kappa shape index (κ2) is 10.5. The van der Waals surface area contributed by atoms with Crippen LogP contribution in [0.3, 0.4) is 0 Å². The fourth-order valence-corrected chi connectivity index (χ4v) is 4.11. The number of nitrogens with one attached hydrogen (secondary N) is 2. The zero-order valence-electron chi connectivity index (χ0n) is 20.5. The lowest BCUT2D eigenvalue weighted by Crippen LogP contribution is -2.48. The summed E-state index contributed by atoms with van der Waals surface area (Å²) in [5, 5.41) is 9.92. The van der Waals surface area contributed by atoms with Crippen molar-refractivity contribution in [2.45, 2.75) is 6.92 Å². The predicted octanol–water partition coefficient (Wildman–Crippen LogP) is 4.29. The molecule has 0 aliphatic carbocycles. The molecule has 2 aromatic carbocycles. The van der Waals surface area contributed by atoms with Gasteiger partial charge in [-0.05, 0) is 55.0 Å². The molecule has 1 aromatic heterocycles. The van der Waals surface area contributed by atoms with E-state index in [2.05, 4.69) is 22.1 Å². The van der Waals surface area contributed by atoms with Gasteiger partial charge in [0.25, 0.3) is 5.91 Å². The molecule has 0 spiro atoms. The van der Waals surface area contributed by atoms with Crippen molar-refractivity contribution in [3.8, 4) is 5.75 Å². The number of piperazine rings is 1. The van der Waals surface area contributed by atoms with Crippen LogP contribution < -0.4 is 15.0 Å². The summed E-state index contributed by atoms with van der Waals surface area (Å²) in [6.45, 7) is 7.12. The van der Waals surface area contributed by atoms with E-state index in [1.54, 1.807) is 61.4 Å². The highest BCUT2D eigenvalue weighted by Crippen LogP contribution is 2.32. The molecule has 2 heterocycles. The van der Waals surface area contributed by atoms with E-state index >= 15 is 0 Å².